The van der Waals surface area contributed by atoms with Gasteiger partial charge in [-0.1, -0.05) is 30.4 Å². The number of fused-ring (bicyclic) bond motifs is 1. The lowest BCUT2D eigenvalue weighted by molar-refractivity contribution is 0.181. The lowest BCUT2D eigenvalue weighted by Gasteiger charge is -2.29. The van der Waals surface area contributed by atoms with E-state index in [0.29, 0.717) is 0 Å². The van der Waals surface area contributed by atoms with Crippen LogP contribution in [0.2, 0.25) is 0 Å². The van der Waals surface area contributed by atoms with E-state index in [1.807, 2.05) is 6.08 Å². The second-order valence-electron chi connectivity index (χ2n) is 4.57. The van der Waals surface area contributed by atoms with Gasteiger partial charge in [0, 0.05) is 11.6 Å². The summed E-state index contributed by atoms with van der Waals surface area (Å²) in [6.45, 7) is 0. The Morgan fingerprint density at radius 1 is 1.33 bits per heavy atom. The molecular weight excluding hydrogens is 186 g/mol. The van der Waals surface area contributed by atoms with E-state index in [4.69, 9.17) is 4.99 Å². The van der Waals surface area contributed by atoms with Crippen molar-refractivity contribution in [2.45, 2.75) is 30.9 Å². The number of hydrogen-bond donors (Lipinski definition) is 1. The first-order valence-electron chi connectivity index (χ1n) is 5.61. The van der Waals surface area contributed by atoms with Crippen molar-refractivity contribution >= 4 is 5.71 Å². The molecule has 1 aliphatic heterocycles. The van der Waals surface area contributed by atoms with Crippen LogP contribution in [0.5, 0.6) is 0 Å². The number of rotatable bonds is 0. The fraction of sp³-hybridized carbons (Fsp3) is 0.462. The molecule has 0 fully saturated rings. The Morgan fingerprint density at radius 2 is 2.20 bits per heavy atom. The van der Waals surface area contributed by atoms with Gasteiger partial charge in [-0.05, 0) is 25.3 Å². The van der Waals surface area contributed by atoms with Crippen molar-refractivity contribution in [3.05, 3.63) is 36.5 Å². The molecule has 0 radical (unpaired) electrons. The standard InChI is InChI=1S/C13H15NO/c15-12-6-9-13(7-3-8-13)14-11-5-2-1-4-10(11)12/h2-3,5-7,9-10,12,15H,1,4,8H2/t10?,12-,13?/m0/s1. The molecule has 2 nitrogen and oxygen atoms in total. The molecule has 0 bridgehead atoms. The van der Waals surface area contributed by atoms with Crippen LogP contribution in [0.3, 0.4) is 0 Å². The predicted octanol–water partition coefficient (Wildman–Crippen LogP) is 2.02. The molecule has 0 aromatic rings. The molecule has 0 aromatic carbocycles. The van der Waals surface area contributed by atoms with Gasteiger partial charge in [-0.25, -0.2) is 0 Å². The average Bonchev–Trinajstić information content (AvgIpc) is 2.36. The van der Waals surface area contributed by atoms with Crippen molar-refractivity contribution in [2.75, 3.05) is 0 Å². The Labute approximate surface area is 89.7 Å². The van der Waals surface area contributed by atoms with Crippen LogP contribution >= 0.6 is 0 Å². The zero-order valence-electron chi connectivity index (χ0n) is 8.63. The third-order valence-electron chi connectivity index (χ3n) is 3.50. The Morgan fingerprint density at radius 3 is 2.93 bits per heavy atom. The van der Waals surface area contributed by atoms with Gasteiger partial charge < -0.3 is 5.11 Å². The van der Waals surface area contributed by atoms with Crippen LogP contribution in [0.15, 0.2) is 41.4 Å². The van der Waals surface area contributed by atoms with Gasteiger partial charge in [0.05, 0.1) is 6.10 Å². The first-order chi connectivity index (χ1) is 7.29. The summed E-state index contributed by atoms with van der Waals surface area (Å²) in [5, 5.41) is 10.0. The van der Waals surface area contributed by atoms with Gasteiger partial charge in [0.1, 0.15) is 5.54 Å². The molecule has 0 amide bonds. The molecule has 2 unspecified atom stereocenters. The van der Waals surface area contributed by atoms with Crippen LogP contribution in [0.25, 0.3) is 0 Å². The first kappa shape index (κ1) is 9.10. The summed E-state index contributed by atoms with van der Waals surface area (Å²) in [6.07, 6.45) is 15.1. The van der Waals surface area contributed by atoms with E-state index in [1.165, 1.54) is 0 Å². The summed E-state index contributed by atoms with van der Waals surface area (Å²) < 4.78 is 0. The van der Waals surface area contributed by atoms with Crippen LogP contribution in [0, 0.1) is 5.92 Å². The molecule has 3 rings (SSSR count). The molecule has 1 N–H and O–H groups in total. The third kappa shape index (κ3) is 1.40. The quantitative estimate of drug-likeness (QED) is 0.597. The molecule has 0 saturated carbocycles. The molecule has 15 heavy (non-hydrogen) atoms. The van der Waals surface area contributed by atoms with E-state index in [2.05, 4.69) is 30.4 Å². The van der Waals surface area contributed by atoms with Crippen LogP contribution in [-0.4, -0.2) is 22.5 Å². The minimum atomic E-state index is -0.359. The lowest BCUT2D eigenvalue weighted by atomic mass is 9.86. The Balaban J connectivity index is 2.04. The van der Waals surface area contributed by atoms with E-state index >= 15 is 0 Å². The maximum atomic E-state index is 10.0. The Kier molecular flexibility index (Phi) is 1.93. The highest BCUT2D eigenvalue weighted by molar-refractivity contribution is 5.99. The van der Waals surface area contributed by atoms with E-state index in [1.54, 1.807) is 0 Å². The van der Waals surface area contributed by atoms with Gasteiger partial charge in [-0.3, -0.25) is 4.99 Å². The normalized spacial score (nSPS) is 42.1. The van der Waals surface area contributed by atoms with Gasteiger partial charge in [0.15, 0.2) is 0 Å². The Bertz CT molecular complexity index is 391. The molecule has 3 aliphatic rings. The van der Waals surface area contributed by atoms with Crippen LogP contribution < -0.4 is 0 Å². The van der Waals surface area contributed by atoms with Crippen molar-refractivity contribution in [2.24, 2.45) is 10.9 Å². The number of allylic oxidation sites excluding steroid dienone is 2. The smallest absolute Gasteiger partial charge is 0.101 e. The summed E-state index contributed by atoms with van der Waals surface area (Å²) in [6, 6.07) is 0. The molecular formula is C13H15NO. The maximum Gasteiger partial charge on any atom is 0.101 e. The summed E-state index contributed by atoms with van der Waals surface area (Å²) >= 11 is 0. The number of nitrogens with zero attached hydrogens (tertiary/aromatic N) is 1. The summed E-state index contributed by atoms with van der Waals surface area (Å²) in [4.78, 5) is 4.78. The summed E-state index contributed by atoms with van der Waals surface area (Å²) in [7, 11) is 0. The number of aliphatic imine (C=N–C) groups is 1. The fourth-order valence-corrected chi connectivity index (χ4v) is 2.46. The lowest BCUT2D eigenvalue weighted by Crippen LogP contribution is -2.30. The van der Waals surface area contributed by atoms with Gasteiger partial charge in [-0.2, -0.15) is 0 Å². The topological polar surface area (TPSA) is 32.6 Å². The number of aliphatic hydroxyl groups excluding tert-OH is 1. The van der Waals surface area contributed by atoms with E-state index in [9.17, 15) is 5.11 Å². The largest absolute Gasteiger partial charge is 0.388 e. The van der Waals surface area contributed by atoms with E-state index in [-0.39, 0.29) is 17.6 Å². The van der Waals surface area contributed by atoms with Crippen molar-refractivity contribution in [1.82, 2.24) is 0 Å². The first-order valence-corrected chi connectivity index (χ1v) is 5.61. The maximum absolute atomic E-state index is 10.0. The fourth-order valence-electron chi connectivity index (χ4n) is 2.46. The molecule has 0 aromatic heterocycles. The zero-order valence-corrected chi connectivity index (χ0v) is 8.63. The SMILES string of the molecule is O[C@H]1C=CC2(C=CC2)N=C2C=CCCC21. The minimum absolute atomic E-state index is 0.132. The summed E-state index contributed by atoms with van der Waals surface area (Å²) in [5.41, 5.74) is 0.940. The molecule has 78 valence electrons. The monoisotopic (exact) mass is 201 g/mol. The summed E-state index contributed by atoms with van der Waals surface area (Å²) in [5.74, 6) is 0.208. The van der Waals surface area contributed by atoms with Gasteiger partial charge in [0.25, 0.3) is 0 Å². The highest BCUT2D eigenvalue weighted by Crippen LogP contribution is 2.35. The predicted molar refractivity (Wildman–Crippen MR) is 60.9 cm³/mol. The van der Waals surface area contributed by atoms with Crippen molar-refractivity contribution < 1.29 is 5.11 Å². The average molecular weight is 201 g/mol. The van der Waals surface area contributed by atoms with Crippen molar-refractivity contribution in [1.29, 1.82) is 0 Å². The van der Waals surface area contributed by atoms with Crippen LogP contribution in [-0.2, 0) is 0 Å². The minimum Gasteiger partial charge on any atom is -0.388 e. The number of hydrogen-bond acceptors (Lipinski definition) is 2. The van der Waals surface area contributed by atoms with E-state index in [0.717, 1.165) is 25.0 Å². The molecule has 0 saturated heterocycles. The van der Waals surface area contributed by atoms with Gasteiger partial charge in [-0.15, -0.1) is 0 Å². The Hall–Kier alpha value is -1.15. The second kappa shape index (κ2) is 3.17. The highest BCUT2D eigenvalue weighted by Gasteiger charge is 2.34. The molecule has 2 heteroatoms. The molecule has 3 atom stereocenters. The molecule has 1 spiro atoms. The zero-order chi connectivity index (χ0) is 10.3. The van der Waals surface area contributed by atoms with Crippen LogP contribution in [0.4, 0.5) is 0 Å². The number of aliphatic hydroxyl groups is 1. The van der Waals surface area contributed by atoms with Crippen molar-refractivity contribution in [3.8, 4) is 0 Å². The highest BCUT2D eigenvalue weighted by atomic mass is 16.3. The molecule has 1 heterocycles. The second-order valence-corrected chi connectivity index (χ2v) is 4.57. The van der Waals surface area contributed by atoms with Gasteiger partial charge in [0.2, 0.25) is 0 Å². The van der Waals surface area contributed by atoms with Gasteiger partial charge >= 0.3 is 0 Å². The third-order valence-corrected chi connectivity index (χ3v) is 3.50. The van der Waals surface area contributed by atoms with E-state index < -0.39 is 0 Å². The molecule has 2 aliphatic carbocycles. The van der Waals surface area contributed by atoms with Crippen LogP contribution in [0.1, 0.15) is 19.3 Å². The van der Waals surface area contributed by atoms with Crippen molar-refractivity contribution in [3.63, 3.8) is 0 Å².